The Kier molecular flexibility index (Phi) is 2.54. The fourth-order valence-corrected chi connectivity index (χ4v) is 2.55. The van der Waals surface area contributed by atoms with Crippen molar-refractivity contribution >= 4 is 0 Å². The molecule has 0 fully saturated rings. The number of aromatic hydroxyl groups is 1. The summed E-state index contributed by atoms with van der Waals surface area (Å²) in [6, 6.07) is 1.10. The van der Waals surface area contributed by atoms with Gasteiger partial charge in [0.15, 0.2) is 0 Å². The first-order valence-corrected chi connectivity index (χ1v) is 6.02. The van der Waals surface area contributed by atoms with E-state index in [2.05, 4.69) is 4.42 Å². The van der Waals surface area contributed by atoms with Gasteiger partial charge < -0.3 is 9.52 Å². The highest BCUT2D eigenvalue weighted by molar-refractivity contribution is 5.44. The number of hydrogen-bond acceptors (Lipinski definition) is 3. The van der Waals surface area contributed by atoms with Crippen LogP contribution in [0.5, 0.6) is 5.88 Å². The van der Waals surface area contributed by atoms with Crippen LogP contribution in [0.4, 0.5) is 13.2 Å². The molecule has 0 unspecified atom stereocenters. The first-order chi connectivity index (χ1) is 9.30. The zero-order chi connectivity index (χ0) is 14.7. The van der Waals surface area contributed by atoms with Crippen LogP contribution in [-0.4, -0.2) is 14.2 Å². The van der Waals surface area contributed by atoms with Crippen molar-refractivity contribution < 1.29 is 22.7 Å². The standard InChI is InChI=1S/C12H11F3N2O3/c1-6-5-8(9(20-6)12(13,14)15)17-10(18)7-3-2-4-16(7)11(17)19/h5,18H,2-4H2,1H3. The van der Waals surface area contributed by atoms with E-state index in [4.69, 9.17) is 0 Å². The Labute approximate surface area is 110 Å². The molecule has 0 saturated carbocycles. The Morgan fingerprint density at radius 3 is 2.70 bits per heavy atom. The molecule has 0 aliphatic carbocycles. The predicted molar refractivity (Wildman–Crippen MR) is 62.0 cm³/mol. The highest BCUT2D eigenvalue weighted by Crippen LogP contribution is 2.37. The van der Waals surface area contributed by atoms with Crippen molar-refractivity contribution in [3.63, 3.8) is 0 Å². The summed E-state index contributed by atoms with van der Waals surface area (Å²) in [6.45, 7) is 1.75. The second-order valence-corrected chi connectivity index (χ2v) is 4.71. The molecule has 0 radical (unpaired) electrons. The smallest absolute Gasteiger partial charge is 0.451 e. The van der Waals surface area contributed by atoms with E-state index < -0.39 is 29.2 Å². The first kappa shape index (κ1) is 12.9. The zero-order valence-corrected chi connectivity index (χ0v) is 10.5. The Balaban J connectivity index is 2.28. The van der Waals surface area contributed by atoms with Gasteiger partial charge in [-0.15, -0.1) is 0 Å². The molecule has 8 heteroatoms. The molecule has 0 spiro atoms. The SMILES string of the molecule is Cc1cc(-n2c(O)c3n(c2=O)CCC3)c(C(F)(F)F)o1. The van der Waals surface area contributed by atoms with Crippen LogP contribution in [0.2, 0.25) is 0 Å². The van der Waals surface area contributed by atoms with E-state index >= 15 is 0 Å². The quantitative estimate of drug-likeness (QED) is 0.875. The summed E-state index contributed by atoms with van der Waals surface area (Å²) in [5.41, 5.74) is -0.789. The van der Waals surface area contributed by atoms with E-state index in [-0.39, 0.29) is 5.76 Å². The van der Waals surface area contributed by atoms with Crippen molar-refractivity contribution in [2.24, 2.45) is 0 Å². The maximum atomic E-state index is 12.9. The normalized spacial score (nSPS) is 14.8. The number of hydrogen-bond donors (Lipinski definition) is 1. The van der Waals surface area contributed by atoms with Gasteiger partial charge in [0.1, 0.15) is 11.4 Å². The molecule has 1 aliphatic heterocycles. The van der Waals surface area contributed by atoms with Gasteiger partial charge in [-0.2, -0.15) is 13.2 Å². The van der Waals surface area contributed by atoms with Crippen LogP contribution in [-0.2, 0) is 19.1 Å². The van der Waals surface area contributed by atoms with E-state index in [1.165, 1.54) is 11.5 Å². The third-order valence-corrected chi connectivity index (χ3v) is 3.35. The summed E-state index contributed by atoms with van der Waals surface area (Å²) in [4.78, 5) is 12.1. The lowest BCUT2D eigenvalue weighted by Crippen LogP contribution is -2.23. The molecule has 1 N–H and O–H groups in total. The lowest BCUT2D eigenvalue weighted by molar-refractivity contribution is -0.153. The number of aromatic nitrogens is 2. The highest BCUT2D eigenvalue weighted by Gasteiger charge is 2.40. The molecular weight excluding hydrogens is 277 g/mol. The largest absolute Gasteiger partial charge is 0.493 e. The van der Waals surface area contributed by atoms with E-state index in [0.717, 1.165) is 6.07 Å². The molecule has 5 nitrogen and oxygen atoms in total. The fraction of sp³-hybridized carbons (Fsp3) is 0.417. The van der Waals surface area contributed by atoms with Crippen molar-refractivity contribution in [3.05, 3.63) is 33.8 Å². The van der Waals surface area contributed by atoms with Crippen LogP contribution in [0.25, 0.3) is 5.69 Å². The van der Waals surface area contributed by atoms with Gasteiger partial charge in [-0.25, -0.2) is 9.36 Å². The molecule has 2 aromatic rings. The molecular formula is C12H11F3N2O3. The van der Waals surface area contributed by atoms with Crippen LogP contribution in [0.15, 0.2) is 15.3 Å². The van der Waals surface area contributed by atoms with E-state index in [9.17, 15) is 23.1 Å². The lowest BCUT2D eigenvalue weighted by Gasteiger charge is -2.07. The van der Waals surface area contributed by atoms with Gasteiger partial charge in [0.25, 0.3) is 0 Å². The number of alkyl halides is 3. The second-order valence-electron chi connectivity index (χ2n) is 4.71. The van der Waals surface area contributed by atoms with E-state index in [1.807, 2.05) is 0 Å². The van der Waals surface area contributed by atoms with Crippen LogP contribution in [0, 0.1) is 6.92 Å². The summed E-state index contributed by atoms with van der Waals surface area (Å²) in [5, 5.41) is 10.0. The van der Waals surface area contributed by atoms with E-state index in [1.54, 1.807) is 0 Å². The van der Waals surface area contributed by atoms with Gasteiger partial charge >= 0.3 is 11.9 Å². The van der Waals surface area contributed by atoms with Crippen LogP contribution in [0.3, 0.4) is 0 Å². The van der Waals surface area contributed by atoms with Crippen molar-refractivity contribution in [1.82, 2.24) is 9.13 Å². The van der Waals surface area contributed by atoms with Crippen LogP contribution in [0.1, 0.15) is 23.6 Å². The topological polar surface area (TPSA) is 60.3 Å². The number of fused-ring (bicyclic) bond motifs is 1. The number of nitrogens with zero attached hydrogens (tertiary/aromatic N) is 2. The van der Waals surface area contributed by atoms with Crippen molar-refractivity contribution in [2.75, 3.05) is 0 Å². The minimum atomic E-state index is -4.73. The maximum Gasteiger partial charge on any atom is 0.451 e. The number of halogens is 3. The van der Waals surface area contributed by atoms with E-state index in [0.29, 0.717) is 29.6 Å². The van der Waals surface area contributed by atoms with Crippen LogP contribution >= 0.6 is 0 Å². The molecule has 3 heterocycles. The monoisotopic (exact) mass is 288 g/mol. The average Bonchev–Trinajstić information content (AvgIpc) is 2.98. The van der Waals surface area contributed by atoms with Crippen molar-refractivity contribution in [3.8, 4) is 11.6 Å². The Morgan fingerprint density at radius 2 is 2.10 bits per heavy atom. The molecule has 108 valence electrons. The van der Waals surface area contributed by atoms with Gasteiger partial charge in [0.2, 0.25) is 11.6 Å². The number of rotatable bonds is 1. The minimum Gasteiger partial charge on any atom is -0.493 e. The van der Waals surface area contributed by atoms with Gasteiger partial charge in [0.05, 0.1) is 5.69 Å². The molecule has 0 saturated heterocycles. The molecule has 1 aliphatic rings. The molecule has 2 aromatic heterocycles. The average molecular weight is 288 g/mol. The molecule has 3 rings (SSSR count). The zero-order valence-electron chi connectivity index (χ0n) is 10.5. The summed E-state index contributed by atoms with van der Waals surface area (Å²) in [6.07, 6.45) is -3.58. The summed E-state index contributed by atoms with van der Waals surface area (Å²) in [5.74, 6) is -1.71. The summed E-state index contributed by atoms with van der Waals surface area (Å²) < 4.78 is 45.3. The molecule has 0 aromatic carbocycles. The maximum absolute atomic E-state index is 12.9. The van der Waals surface area contributed by atoms with Gasteiger partial charge in [-0.3, -0.25) is 4.57 Å². The third-order valence-electron chi connectivity index (χ3n) is 3.35. The third kappa shape index (κ3) is 1.67. The second kappa shape index (κ2) is 3.94. The fourth-order valence-electron chi connectivity index (χ4n) is 2.55. The van der Waals surface area contributed by atoms with Crippen molar-refractivity contribution in [2.45, 2.75) is 32.5 Å². The van der Waals surface area contributed by atoms with Crippen LogP contribution < -0.4 is 5.69 Å². The Hall–Kier alpha value is -2.12. The van der Waals surface area contributed by atoms with Gasteiger partial charge in [-0.1, -0.05) is 0 Å². The summed E-state index contributed by atoms with van der Waals surface area (Å²) in [7, 11) is 0. The minimum absolute atomic E-state index is 0.0185. The molecule has 0 atom stereocenters. The van der Waals surface area contributed by atoms with Crippen molar-refractivity contribution in [1.29, 1.82) is 0 Å². The molecule has 20 heavy (non-hydrogen) atoms. The van der Waals surface area contributed by atoms with Gasteiger partial charge in [0, 0.05) is 12.6 Å². The predicted octanol–water partition coefficient (Wildman–Crippen LogP) is 2.21. The molecule has 0 amide bonds. The Morgan fingerprint density at radius 1 is 1.40 bits per heavy atom. The van der Waals surface area contributed by atoms with Gasteiger partial charge in [-0.05, 0) is 19.8 Å². The number of furan rings is 1. The number of imidazole rings is 1. The first-order valence-electron chi connectivity index (χ1n) is 6.02. The summed E-state index contributed by atoms with van der Waals surface area (Å²) >= 11 is 0. The highest BCUT2D eigenvalue weighted by atomic mass is 19.4. The molecule has 0 bridgehead atoms. The number of aryl methyl sites for hydroxylation is 1. The Bertz CT molecular complexity index is 736. The lowest BCUT2D eigenvalue weighted by atomic mass is 10.3.